The number of carbonyl (C=O) groups excluding carboxylic acids is 1. The minimum atomic E-state index is -0.433. The van der Waals surface area contributed by atoms with E-state index in [9.17, 15) is 4.79 Å². The first-order valence-corrected chi connectivity index (χ1v) is 8.12. The van der Waals surface area contributed by atoms with E-state index in [1.165, 1.54) is 6.42 Å². The number of hydrogen-bond acceptors (Lipinski definition) is 4. The number of ether oxygens (including phenoxy) is 2. The second kappa shape index (κ2) is 9.26. The van der Waals surface area contributed by atoms with Crippen molar-refractivity contribution >= 4 is 6.09 Å². The zero-order valence-electron chi connectivity index (χ0n) is 14.0. The Labute approximate surface area is 129 Å². The summed E-state index contributed by atoms with van der Waals surface area (Å²) < 4.78 is 10.4. The van der Waals surface area contributed by atoms with E-state index in [1.807, 2.05) is 20.8 Å². The lowest BCUT2D eigenvalue weighted by molar-refractivity contribution is 0.0488. The zero-order chi connectivity index (χ0) is 15.7. The van der Waals surface area contributed by atoms with E-state index >= 15 is 0 Å². The Balaban J connectivity index is 2.21. The molecule has 2 atom stereocenters. The Hall–Kier alpha value is -0.810. The van der Waals surface area contributed by atoms with E-state index in [2.05, 4.69) is 10.6 Å². The Morgan fingerprint density at radius 1 is 1.19 bits per heavy atom. The number of alkyl carbamates (subject to hydrolysis) is 1. The van der Waals surface area contributed by atoms with E-state index in [0.717, 1.165) is 45.3 Å². The molecule has 124 valence electrons. The first-order chi connectivity index (χ1) is 9.90. The quantitative estimate of drug-likeness (QED) is 0.710. The fourth-order valence-corrected chi connectivity index (χ4v) is 2.66. The number of rotatable bonds is 7. The van der Waals surface area contributed by atoms with Crippen molar-refractivity contribution in [1.82, 2.24) is 10.6 Å². The SMILES string of the molecule is COCCCCNC1CCCC(NC(=O)OC(C)(C)C)C1. The highest BCUT2D eigenvalue weighted by molar-refractivity contribution is 5.68. The largest absolute Gasteiger partial charge is 0.444 e. The predicted octanol–water partition coefficient (Wildman–Crippen LogP) is 2.84. The van der Waals surface area contributed by atoms with Crippen LogP contribution in [0.1, 0.15) is 59.3 Å². The molecule has 21 heavy (non-hydrogen) atoms. The van der Waals surface area contributed by atoms with Crippen molar-refractivity contribution in [2.45, 2.75) is 77.0 Å². The molecule has 1 amide bonds. The van der Waals surface area contributed by atoms with Crippen molar-refractivity contribution in [2.75, 3.05) is 20.3 Å². The molecule has 1 aliphatic rings. The molecule has 0 aliphatic heterocycles. The molecule has 0 radical (unpaired) electrons. The molecular weight excluding hydrogens is 268 g/mol. The second-order valence-electron chi connectivity index (χ2n) is 6.86. The number of carbonyl (C=O) groups is 1. The van der Waals surface area contributed by atoms with Crippen molar-refractivity contribution in [1.29, 1.82) is 0 Å². The summed E-state index contributed by atoms with van der Waals surface area (Å²) in [6, 6.07) is 0.728. The van der Waals surface area contributed by atoms with Gasteiger partial charge in [0.1, 0.15) is 5.60 Å². The topological polar surface area (TPSA) is 59.6 Å². The number of amides is 1. The number of unbranched alkanes of at least 4 members (excludes halogenated alkanes) is 1. The molecule has 1 saturated carbocycles. The van der Waals surface area contributed by atoms with Gasteiger partial charge < -0.3 is 20.1 Å². The van der Waals surface area contributed by atoms with E-state index in [1.54, 1.807) is 7.11 Å². The summed E-state index contributed by atoms with van der Waals surface area (Å²) in [4.78, 5) is 11.8. The van der Waals surface area contributed by atoms with Crippen LogP contribution in [0.25, 0.3) is 0 Å². The molecule has 2 N–H and O–H groups in total. The molecule has 0 bridgehead atoms. The molecular formula is C16H32N2O3. The monoisotopic (exact) mass is 300 g/mol. The lowest BCUT2D eigenvalue weighted by Gasteiger charge is -2.31. The lowest BCUT2D eigenvalue weighted by atomic mass is 9.91. The van der Waals surface area contributed by atoms with Crippen LogP contribution in [-0.2, 0) is 9.47 Å². The van der Waals surface area contributed by atoms with Gasteiger partial charge in [-0.3, -0.25) is 0 Å². The van der Waals surface area contributed by atoms with Gasteiger partial charge in [0.25, 0.3) is 0 Å². The van der Waals surface area contributed by atoms with Crippen LogP contribution in [0.15, 0.2) is 0 Å². The Morgan fingerprint density at radius 2 is 1.90 bits per heavy atom. The number of hydrogen-bond donors (Lipinski definition) is 2. The highest BCUT2D eigenvalue weighted by atomic mass is 16.6. The Morgan fingerprint density at radius 3 is 2.57 bits per heavy atom. The fourth-order valence-electron chi connectivity index (χ4n) is 2.66. The third-order valence-corrected chi connectivity index (χ3v) is 3.60. The maximum Gasteiger partial charge on any atom is 0.407 e. The maximum atomic E-state index is 11.8. The molecule has 0 heterocycles. The average Bonchev–Trinajstić information content (AvgIpc) is 2.36. The van der Waals surface area contributed by atoms with Gasteiger partial charge in [-0.2, -0.15) is 0 Å². The Kier molecular flexibility index (Phi) is 8.04. The maximum absolute atomic E-state index is 11.8. The minimum Gasteiger partial charge on any atom is -0.444 e. The summed E-state index contributed by atoms with van der Waals surface area (Å²) in [5.41, 5.74) is -0.433. The molecule has 0 aromatic rings. The Bertz CT molecular complexity index is 302. The first-order valence-electron chi connectivity index (χ1n) is 8.12. The fraction of sp³-hybridized carbons (Fsp3) is 0.938. The van der Waals surface area contributed by atoms with Gasteiger partial charge in [0.15, 0.2) is 0 Å². The van der Waals surface area contributed by atoms with Gasteiger partial charge in [0.2, 0.25) is 0 Å². The summed E-state index contributed by atoms with van der Waals surface area (Å²) in [6.07, 6.45) is 6.30. The summed E-state index contributed by atoms with van der Waals surface area (Å²) in [5, 5.41) is 6.58. The molecule has 1 rings (SSSR count). The van der Waals surface area contributed by atoms with Crippen molar-refractivity contribution in [3.05, 3.63) is 0 Å². The molecule has 0 aromatic heterocycles. The summed E-state index contributed by atoms with van der Waals surface area (Å²) in [5.74, 6) is 0. The first kappa shape index (κ1) is 18.2. The van der Waals surface area contributed by atoms with Crippen molar-refractivity contribution in [2.24, 2.45) is 0 Å². The molecule has 0 aromatic carbocycles. The van der Waals surface area contributed by atoms with Crippen molar-refractivity contribution < 1.29 is 14.3 Å². The van der Waals surface area contributed by atoms with Gasteiger partial charge in [-0.15, -0.1) is 0 Å². The average molecular weight is 300 g/mol. The van der Waals surface area contributed by atoms with Gasteiger partial charge in [-0.25, -0.2) is 4.79 Å². The highest BCUT2D eigenvalue weighted by Gasteiger charge is 2.25. The summed E-state index contributed by atoms with van der Waals surface area (Å²) >= 11 is 0. The number of methoxy groups -OCH3 is 1. The third kappa shape index (κ3) is 8.94. The molecule has 2 unspecified atom stereocenters. The van der Waals surface area contributed by atoms with Crippen LogP contribution in [0.2, 0.25) is 0 Å². The van der Waals surface area contributed by atoms with Gasteiger partial charge in [0, 0.05) is 25.8 Å². The van der Waals surface area contributed by atoms with Crippen LogP contribution in [0.5, 0.6) is 0 Å². The van der Waals surface area contributed by atoms with E-state index in [4.69, 9.17) is 9.47 Å². The predicted molar refractivity (Wildman–Crippen MR) is 84.5 cm³/mol. The summed E-state index contributed by atoms with van der Waals surface area (Å²) in [7, 11) is 1.74. The van der Waals surface area contributed by atoms with Gasteiger partial charge in [-0.05, 0) is 65.8 Å². The van der Waals surface area contributed by atoms with Gasteiger partial charge in [-0.1, -0.05) is 0 Å². The van der Waals surface area contributed by atoms with Crippen LogP contribution in [0.4, 0.5) is 4.79 Å². The minimum absolute atomic E-state index is 0.227. The van der Waals surface area contributed by atoms with Crippen LogP contribution >= 0.6 is 0 Å². The molecule has 0 spiro atoms. The van der Waals surface area contributed by atoms with Gasteiger partial charge in [0.05, 0.1) is 0 Å². The van der Waals surface area contributed by atoms with Gasteiger partial charge >= 0.3 is 6.09 Å². The lowest BCUT2D eigenvalue weighted by Crippen LogP contribution is -2.45. The normalized spacial score (nSPS) is 22.9. The molecule has 5 nitrogen and oxygen atoms in total. The van der Waals surface area contributed by atoms with Crippen LogP contribution in [0.3, 0.4) is 0 Å². The van der Waals surface area contributed by atoms with E-state index in [0.29, 0.717) is 6.04 Å². The van der Waals surface area contributed by atoms with E-state index < -0.39 is 5.60 Å². The zero-order valence-corrected chi connectivity index (χ0v) is 14.0. The molecule has 1 aliphatic carbocycles. The highest BCUT2D eigenvalue weighted by Crippen LogP contribution is 2.19. The molecule has 0 saturated heterocycles. The molecule has 1 fully saturated rings. The number of nitrogens with one attached hydrogen (secondary N) is 2. The second-order valence-corrected chi connectivity index (χ2v) is 6.86. The van der Waals surface area contributed by atoms with Crippen LogP contribution < -0.4 is 10.6 Å². The third-order valence-electron chi connectivity index (χ3n) is 3.60. The van der Waals surface area contributed by atoms with Crippen LogP contribution in [-0.4, -0.2) is 44.0 Å². The van der Waals surface area contributed by atoms with E-state index in [-0.39, 0.29) is 12.1 Å². The standard InChI is InChI=1S/C16H32N2O3/c1-16(2,3)21-15(19)18-14-9-7-8-13(12-14)17-10-5-6-11-20-4/h13-14,17H,5-12H2,1-4H3,(H,18,19). The summed E-state index contributed by atoms with van der Waals surface area (Å²) in [6.45, 7) is 7.51. The smallest absolute Gasteiger partial charge is 0.407 e. The van der Waals surface area contributed by atoms with Crippen molar-refractivity contribution in [3.63, 3.8) is 0 Å². The van der Waals surface area contributed by atoms with Crippen LogP contribution in [0, 0.1) is 0 Å². The van der Waals surface area contributed by atoms with Crippen molar-refractivity contribution in [3.8, 4) is 0 Å². The molecule has 5 heteroatoms.